The van der Waals surface area contributed by atoms with Gasteiger partial charge in [-0.05, 0) is 55.5 Å². The lowest BCUT2D eigenvalue weighted by molar-refractivity contribution is 0.0777. The molecule has 2 aromatic heterocycles. The summed E-state index contributed by atoms with van der Waals surface area (Å²) in [6, 6.07) is 16.4. The smallest absolute Gasteiger partial charge is 0.274 e. The zero-order valence-electron chi connectivity index (χ0n) is 18.6. The van der Waals surface area contributed by atoms with Crippen molar-refractivity contribution in [2.24, 2.45) is 0 Å². The molecule has 0 fully saturated rings. The number of aromatic nitrogens is 4. The number of halogens is 1. The first kappa shape index (κ1) is 21.1. The average Bonchev–Trinajstić information content (AvgIpc) is 3.44. The highest BCUT2D eigenvalue weighted by atomic mass is 19.1. The summed E-state index contributed by atoms with van der Waals surface area (Å²) in [5.41, 5.74) is 5.48. The van der Waals surface area contributed by atoms with Crippen LogP contribution in [0.2, 0.25) is 0 Å². The van der Waals surface area contributed by atoms with E-state index in [1.165, 1.54) is 17.7 Å². The summed E-state index contributed by atoms with van der Waals surface area (Å²) < 4.78 is 17.1. The van der Waals surface area contributed by atoms with E-state index in [1.54, 1.807) is 30.3 Å². The molecule has 0 atom stereocenters. The second-order valence-corrected chi connectivity index (χ2v) is 8.56. The first-order valence-corrected chi connectivity index (χ1v) is 11.3. The van der Waals surface area contributed by atoms with Gasteiger partial charge in [0.25, 0.3) is 5.91 Å². The fourth-order valence-corrected chi connectivity index (χ4v) is 4.44. The fraction of sp³-hybridized carbons (Fsp3) is 0.269. The highest BCUT2D eigenvalue weighted by Crippen LogP contribution is 2.28. The van der Waals surface area contributed by atoms with Crippen molar-refractivity contribution in [1.82, 2.24) is 24.5 Å². The summed E-state index contributed by atoms with van der Waals surface area (Å²) in [5.74, 6) is -0.395. The van der Waals surface area contributed by atoms with Gasteiger partial charge in [0.15, 0.2) is 5.69 Å². The number of nitrogens with zero attached hydrogens (tertiary/aromatic N) is 5. The van der Waals surface area contributed by atoms with Gasteiger partial charge in [-0.15, -0.1) is 0 Å². The lowest BCUT2D eigenvalue weighted by Gasteiger charge is -2.17. The third kappa shape index (κ3) is 4.44. The van der Waals surface area contributed by atoms with Crippen LogP contribution in [0, 0.1) is 5.82 Å². The monoisotopic (exact) mass is 443 g/mol. The molecule has 0 saturated heterocycles. The maximum atomic E-state index is 13.4. The Balaban J connectivity index is 1.35. The Morgan fingerprint density at radius 3 is 2.58 bits per heavy atom. The molecule has 0 bridgehead atoms. The normalized spacial score (nSPS) is 13.0. The largest absolute Gasteiger partial charge is 0.336 e. The van der Waals surface area contributed by atoms with Crippen LogP contribution >= 0.6 is 0 Å². The Morgan fingerprint density at radius 1 is 1.03 bits per heavy atom. The molecule has 6 nitrogen and oxygen atoms in total. The van der Waals surface area contributed by atoms with E-state index in [1.807, 2.05) is 33.8 Å². The van der Waals surface area contributed by atoms with Crippen molar-refractivity contribution in [1.29, 1.82) is 0 Å². The predicted octanol–water partition coefficient (Wildman–Crippen LogP) is 4.41. The van der Waals surface area contributed by atoms with Gasteiger partial charge in [-0.3, -0.25) is 9.48 Å². The molecule has 33 heavy (non-hydrogen) atoms. The fourth-order valence-electron chi connectivity index (χ4n) is 4.44. The number of carbonyl (C=O) groups excluding carboxylic acids is 1. The molecule has 7 heteroatoms. The summed E-state index contributed by atoms with van der Waals surface area (Å²) in [7, 11) is 1.79. The number of rotatable bonds is 6. The van der Waals surface area contributed by atoms with E-state index in [4.69, 9.17) is 5.10 Å². The zero-order valence-corrected chi connectivity index (χ0v) is 18.6. The molecular weight excluding hydrogens is 417 g/mol. The van der Waals surface area contributed by atoms with Gasteiger partial charge in [0.05, 0.1) is 18.4 Å². The van der Waals surface area contributed by atoms with Crippen molar-refractivity contribution < 1.29 is 9.18 Å². The molecule has 168 valence electrons. The zero-order chi connectivity index (χ0) is 22.8. The number of carbonyl (C=O) groups is 1. The molecule has 5 rings (SSSR count). The van der Waals surface area contributed by atoms with Gasteiger partial charge < -0.3 is 4.90 Å². The van der Waals surface area contributed by atoms with E-state index < -0.39 is 0 Å². The van der Waals surface area contributed by atoms with Crippen LogP contribution in [0.3, 0.4) is 0 Å². The highest BCUT2D eigenvalue weighted by Gasteiger charge is 2.27. The van der Waals surface area contributed by atoms with Crippen molar-refractivity contribution in [3.8, 4) is 5.69 Å². The molecular formula is C26H26FN5O. The minimum absolute atomic E-state index is 0.107. The van der Waals surface area contributed by atoms with E-state index in [9.17, 15) is 9.18 Å². The molecule has 2 aromatic carbocycles. The second kappa shape index (κ2) is 9.02. The summed E-state index contributed by atoms with van der Waals surface area (Å²) in [5, 5.41) is 9.14. The quantitative estimate of drug-likeness (QED) is 0.444. The SMILES string of the molecule is CN(Cc1cnn(Cc2ccccc2)c1)C(=O)c1nn(-c2ccc(F)cc2)c2c1CCCC2. The Hall–Kier alpha value is -3.74. The molecule has 4 aromatic rings. The molecule has 2 heterocycles. The summed E-state index contributed by atoms with van der Waals surface area (Å²) in [6.07, 6.45) is 7.58. The van der Waals surface area contributed by atoms with Crippen molar-refractivity contribution in [2.75, 3.05) is 7.05 Å². The molecule has 0 saturated carbocycles. The van der Waals surface area contributed by atoms with Gasteiger partial charge in [-0.25, -0.2) is 9.07 Å². The topological polar surface area (TPSA) is 56.0 Å². The first-order valence-electron chi connectivity index (χ1n) is 11.3. The van der Waals surface area contributed by atoms with E-state index >= 15 is 0 Å². The van der Waals surface area contributed by atoms with E-state index in [-0.39, 0.29) is 11.7 Å². The molecule has 1 aliphatic rings. The van der Waals surface area contributed by atoms with Gasteiger partial charge in [0, 0.05) is 36.6 Å². The van der Waals surface area contributed by atoms with Crippen LogP contribution in [0.4, 0.5) is 4.39 Å². The van der Waals surface area contributed by atoms with Gasteiger partial charge >= 0.3 is 0 Å². The molecule has 0 unspecified atom stereocenters. The van der Waals surface area contributed by atoms with Crippen LogP contribution in [0.1, 0.15) is 45.7 Å². The van der Waals surface area contributed by atoms with E-state index in [2.05, 4.69) is 17.2 Å². The van der Waals surface area contributed by atoms with Crippen LogP contribution in [0.25, 0.3) is 5.69 Å². The minimum atomic E-state index is -0.288. The molecule has 0 N–H and O–H groups in total. The lowest BCUT2D eigenvalue weighted by atomic mass is 9.95. The van der Waals surface area contributed by atoms with E-state index in [0.717, 1.165) is 48.2 Å². The second-order valence-electron chi connectivity index (χ2n) is 8.56. The van der Waals surface area contributed by atoms with Crippen LogP contribution in [0.15, 0.2) is 67.0 Å². The number of hydrogen-bond donors (Lipinski definition) is 0. The standard InChI is InChI=1S/C26H26FN5O/c1-30(16-20-15-28-31(18-20)17-19-7-3-2-4-8-19)26(33)25-23-9-5-6-10-24(23)32(29-25)22-13-11-21(27)12-14-22/h2-4,7-8,11-15,18H,5-6,9-10,16-17H2,1H3. The minimum Gasteiger partial charge on any atom is -0.336 e. The van der Waals surface area contributed by atoms with E-state index in [0.29, 0.717) is 18.8 Å². The van der Waals surface area contributed by atoms with Gasteiger partial charge in [0.1, 0.15) is 5.82 Å². The molecule has 1 amide bonds. The molecule has 1 aliphatic carbocycles. The molecule has 0 radical (unpaired) electrons. The Morgan fingerprint density at radius 2 is 1.79 bits per heavy atom. The first-order chi connectivity index (χ1) is 16.1. The third-order valence-electron chi connectivity index (χ3n) is 6.09. The highest BCUT2D eigenvalue weighted by molar-refractivity contribution is 5.94. The van der Waals surface area contributed by atoms with Crippen LogP contribution in [-0.2, 0) is 25.9 Å². The third-order valence-corrected chi connectivity index (χ3v) is 6.09. The van der Waals surface area contributed by atoms with Crippen LogP contribution in [-0.4, -0.2) is 37.4 Å². The van der Waals surface area contributed by atoms with Gasteiger partial charge in [0.2, 0.25) is 0 Å². The summed E-state index contributed by atoms with van der Waals surface area (Å²) in [4.78, 5) is 15.1. The number of fused-ring (bicyclic) bond motifs is 1. The van der Waals surface area contributed by atoms with Crippen LogP contribution < -0.4 is 0 Å². The Bertz CT molecular complexity index is 1260. The number of hydrogen-bond acceptors (Lipinski definition) is 3. The van der Waals surface area contributed by atoms with Crippen molar-refractivity contribution in [3.63, 3.8) is 0 Å². The Labute approximate surface area is 192 Å². The van der Waals surface area contributed by atoms with Crippen molar-refractivity contribution in [3.05, 3.63) is 101 Å². The number of amides is 1. The summed E-state index contributed by atoms with van der Waals surface area (Å²) >= 11 is 0. The van der Waals surface area contributed by atoms with Crippen LogP contribution in [0.5, 0.6) is 0 Å². The van der Waals surface area contributed by atoms with Crippen molar-refractivity contribution in [2.45, 2.75) is 38.8 Å². The summed E-state index contributed by atoms with van der Waals surface area (Å²) in [6.45, 7) is 1.14. The molecule has 0 spiro atoms. The predicted molar refractivity (Wildman–Crippen MR) is 124 cm³/mol. The maximum Gasteiger partial charge on any atom is 0.274 e. The lowest BCUT2D eigenvalue weighted by Crippen LogP contribution is -2.27. The van der Waals surface area contributed by atoms with Gasteiger partial charge in [-0.2, -0.15) is 10.2 Å². The van der Waals surface area contributed by atoms with Gasteiger partial charge in [-0.1, -0.05) is 30.3 Å². The number of benzene rings is 2. The average molecular weight is 444 g/mol. The maximum absolute atomic E-state index is 13.4. The van der Waals surface area contributed by atoms with Crippen molar-refractivity contribution >= 4 is 5.91 Å². The Kier molecular flexibility index (Phi) is 5.77. The molecule has 0 aliphatic heterocycles.